The first-order valence-electron chi connectivity index (χ1n) is 6.23. The van der Waals surface area contributed by atoms with Gasteiger partial charge in [-0.3, -0.25) is 0 Å². The molecular formula is C14H16O5. The van der Waals surface area contributed by atoms with E-state index in [9.17, 15) is 9.59 Å². The van der Waals surface area contributed by atoms with Crippen molar-refractivity contribution in [3.8, 4) is 0 Å². The monoisotopic (exact) mass is 264 g/mol. The second-order valence-electron chi connectivity index (χ2n) is 4.26. The Bertz CT molecular complexity index is 442. The highest BCUT2D eigenvalue weighted by Crippen LogP contribution is 2.14. The van der Waals surface area contributed by atoms with Crippen LogP contribution in [0.15, 0.2) is 30.3 Å². The fourth-order valence-corrected chi connectivity index (χ4v) is 1.74. The third-order valence-electron chi connectivity index (χ3n) is 2.79. The van der Waals surface area contributed by atoms with Crippen LogP contribution in [0.25, 0.3) is 0 Å². The summed E-state index contributed by atoms with van der Waals surface area (Å²) in [5.41, 5.74) is 0.990. The molecule has 5 heteroatoms. The van der Waals surface area contributed by atoms with Crippen LogP contribution in [0, 0.1) is 0 Å². The van der Waals surface area contributed by atoms with Crippen LogP contribution in [0.4, 0.5) is 0 Å². The molecule has 1 aliphatic rings. The van der Waals surface area contributed by atoms with E-state index in [1.165, 1.54) is 0 Å². The minimum Gasteiger partial charge on any atom is -0.448 e. The van der Waals surface area contributed by atoms with E-state index in [2.05, 4.69) is 0 Å². The zero-order valence-corrected chi connectivity index (χ0v) is 10.7. The van der Waals surface area contributed by atoms with E-state index in [1.807, 2.05) is 30.3 Å². The molecule has 0 amide bonds. The zero-order chi connectivity index (χ0) is 13.7. The standard InChI is InChI=1S/C14H16O5/c1-2-11-13(15)19-12(14(16)18-11)9-17-8-10-6-4-3-5-7-10/h3-7,11-12H,2,8-9H2,1H3. The van der Waals surface area contributed by atoms with Gasteiger partial charge in [0.25, 0.3) is 0 Å². The molecule has 1 heterocycles. The summed E-state index contributed by atoms with van der Waals surface area (Å²) in [5.74, 6) is -1.05. The van der Waals surface area contributed by atoms with Gasteiger partial charge in [0, 0.05) is 0 Å². The fourth-order valence-electron chi connectivity index (χ4n) is 1.74. The molecule has 1 aromatic carbocycles. The Morgan fingerprint density at radius 1 is 1.05 bits per heavy atom. The molecule has 0 saturated carbocycles. The number of ether oxygens (including phenoxy) is 3. The molecule has 102 valence electrons. The normalized spacial score (nSPS) is 22.8. The van der Waals surface area contributed by atoms with Crippen LogP contribution in [0.2, 0.25) is 0 Å². The van der Waals surface area contributed by atoms with E-state index in [4.69, 9.17) is 14.2 Å². The van der Waals surface area contributed by atoms with Crippen molar-refractivity contribution in [2.45, 2.75) is 32.2 Å². The van der Waals surface area contributed by atoms with E-state index in [-0.39, 0.29) is 6.61 Å². The lowest BCUT2D eigenvalue weighted by molar-refractivity contribution is -0.199. The maximum absolute atomic E-state index is 11.6. The molecule has 19 heavy (non-hydrogen) atoms. The van der Waals surface area contributed by atoms with Crippen molar-refractivity contribution in [2.75, 3.05) is 6.61 Å². The van der Waals surface area contributed by atoms with Gasteiger partial charge in [-0.05, 0) is 12.0 Å². The number of hydrogen-bond donors (Lipinski definition) is 0. The van der Waals surface area contributed by atoms with E-state index in [0.717, 1.165) is 5.56 Å². The van der Waals surface area contributed by atoms with Crippen LogP contribution in [-0.2, 0) is 30.4 Å². The quantitative estimate of drug-likeness (QED) is 0.753. The van der Waals surface area contributed by atoms with Crippen molar-refractivity contribution < 1.29 is 23.8 Å². The highest BCUT2D eigenvalue weighted by Gasteiger charge is 2.37. The van der Waals surface area contributed by atoms with Gasteiger partial charge in [0.1, 0.15) is 0 Å². The number of carbonyl (C=O) groups excluding carboxylic acids is 2. The summed E-state index contributed by atoms with van der Waals surface area (Å²) in [4.78, 5) is 23.0. The number of hydrogen-bond acceptors (Lipinski definition) is 5. The van der Waals surface area contributed by atoms with E-state index >= 15 is 0 Å². The average Bonchev–Trinajstić information content (AvgIpc) is 2.43. The first kappa shape index (κ1) is 13.5. The number of cyclic esters (lactones) is 2. The molecule has 0 N–H and O–H groups in total. The van der Waals surface area contributed by atoms with Gasteiger partial charge in [-0.2, -0.15) is 0 Å². The molecule has 0 radical (unpaired) electrons. The summed E-state index contributed by atoms with van der Waals surface area (Å²) < 4.78 is 15.3. The minimum atomic E-state index is -0.959. The largest absolute Gasteiger partial charge is 0.448 e. The van der Waals surface area contributed by atoms with E-state index in [0.29, 0.717) is 13.0 Å². The van der Waals surface area contributed by atoms with Crippen molar-refractivity contribution in [1.82, 2.24) is 0 Å². The van der Waals surface area contributed by atoms with Crippen LogP contribution in [0.3, 0.4) is 0 Å². The van der Waals surface area contributed by atoms with Gasteiger partial charge in [-0.15, -0.1) is 0 Å². The first-order chi connectivity index (χ1) is 9.20. The lowest BCUT2D eigenvalue weighted by atomic mass is 10.2. The summed E-state index contributed by atoms with van der Waals surface area (Å²) in [7, 11) is 0. The molecule has 1 aromatic rings. The van der Waals surface area contributed by atoms with Crippen molar-refractivity contribution in [3.05, 3.63) is 35.9 Å². The minimum absolute atomic E-state index is 0.00982. The molecule has 1 aliphatic heterocycles. The fraction of sp³-hybridized carbons (Fsp3) is 0.429. The van der Waals surface area contributed by atoms with Gasteiger partial charge in [-0.1, -0.05) is 37.3 Å². The highest BCUT2D eigenvalue weighted by molar-refractivity contribution is 5.87. The van der Waals surface area contributed by atoms with Gasteiger partial charge in [0.2, 0.25) is 6.10 Å². The van der Waals surface area contributed by atoms with Crippen molar-refractivity contribution in [2.24, 2.45) is 0 Å². The average molecular weight is 264 g/mol. The van der Waals surface area contributed by atoms with Gasteiger partial charge in [0.05, 0.1) is 13.2 Å². The molecule has 2 atom stereocenters. The molecule has 1 saturated heterocycles. The molecule has 1 fully saturated rings. The number of benzene rings is 1. The lowest BCUT2D eigenvalue weighted by Gasteiger charge is -2.26. The lowest BCUT2D eigenvalue weighted by Crippen LogP contribution is -2.45. The molecular weight excluding hydrogens is 248 g/mol. The maximum atomic E-state index is 11.6. The SMILES string of the molecule is CCC1OC(=O)C(COCc2ccccc2)OC1=O. The predicted octanol–water partition coefficient (Wildman–Crippen LogP) is 1.45. The summed E-state index contributed by atoms with van der Waals surface area (Å²) in [6.07, 6.45) is -1.32. The van der Waals surface area contributed by atoms with Gasteiger partial charge in [-0.25, -0.2) is 9.59 Å². The first-order valence-corrected chi connectivity index (χ1v) is 6.23. The van der Waals surface area contributed by atoms with E-state index < -0.39 is 24.1 Å². The Morgan fingerprint density at radius 3 is 2.37 bits per heavy atom. The summed E-state index contributed by atoms with van der Waals surface area (Å²) in [6.45, 7) is 2.13. The number of esters is 2. The van der Waals surface area contributed by atoms with Gasteiger partial charge in [0.15, 0.2) is 6.10 Å². The molecule has 0 aliphatic carbocycles. The number of rotatable bonds is 5. The van der Waals surface area contributed by atoms with Crippen LogP contribution >= 0.6 is 0 Å². The van der Waals surface area contributed by atoms with E-state index in [1.54, 1.807) is 6.92 Å². The third kappa shape index (κ3) is 3.54. The molecule has 0 bridgehead atoms. The Hall–Kier alpha value is -1.88. The Labute approximate surface area is 111 Å². The van der Waals surface area contributed by atoms with Crippen LogP contribution in [-0.4, -0.2) is 30.8 Å². The Kier molecular flexibility index (Phi) is 4.52. The van der Waals surface area contributed by atoms with Crippen molar-refractivity contribution >= 4 is 11.9 Å². The molecule has 0 spiro atoms. The van der Waals surface area contributed by atoms with Crippen molar-refractivity contribution in [1.29, 1.82) is 0 Å². The van der Waals surface area contributed by atoms with Crippen LogP contribution < -0.4 is 0 Å². The predicted molar refractivity (Wildman–Crippen MR) is 66.1 cm³/mol. The second-order valence-corrected chi connectivity index (χ2v) is 4.26. The van der Waals surface area contributed by atoms with Gasteiger partial charge < -0.3 is 14.2 Å². The number of carbonyl (C=O) groups is 2. The van der Waals surface area contributed by atoms with Crippen LogP contribution in [0.5, 0.6) is 0 Å². The summed E-state index contributed by atoms with van der Waals surface area (Å²) >= 11 is 0. The maximum Gasteiger partial charge on any atom is 0.350 e. The topological polar surface area (TPSA) is 61.8 Å². The van der Waals surface area contributed by atoms with Crippen LogP contribution in [0.1, 0.15) is 18.9 Å². The van der Waals surface area contributed by atoms with Gasteiger partial charge >= 0.3 is 11.9 Å². The summed E-state index contributed by atoms with van der Waals surface area (Å²) in [5, 5.41) is 0. The smallest absolute Gasteiger partial charge is 0.350 e. The second kappa shape index (κ2) is 6.33. The highest BCUT2D eigenvalue weighted by atomic mass is 16.7. The summed E-state index contributed by atoms with van der Waals surface area (Å²) in [6, 6.07) is 9.55. The Morgan fingerprint density at radius 2 is 1.68 bits per heavy atom. The molecule has 0 aromatic heterocycles. The van der Waals surface area contributed by atoms with Crippen molar-refractivity contribution in [3.63, 3.8) is 0 Å². The molecule has 5 nitrogen and oxygen atoms in total. The Balaban J connectivity index is 1.80. The molecule has 2 rings (SSSR count). The zero-order valence-electron chi connectivity index (χ0n) is 10.7. The third-order valence-corrected chi connectivity index (χ3v) is 2.79. The molecule has 2 unspecified atom stereocenters.